The highest BCUT2D eigenvalue weighted by Crippen LogP contribution is 2.36. The Hall–Kier alpha value is -2.25. The third-order valence-electron chi connectivity index (χ3n) is 5.95. The zero-order valence-electron chi connectivity index (χ0n) is 16.6. The van der Waals surface area contributed by atoms with Crippen LogP contribution in [0.2, 0.25) is 0 Å². The van der Waals surface area contributed by atoms with E-state index in [0.717, 1.165) is 62.1 Å². The molecule has 2 aliphatic rings. The minimum absolute atomic E-state index is 0.157. The molecule has 1 saturated heterocycles. The van der Waals surface area contributed by atoms with E-state index in [9.17, 15) is 10.2 Å². The highest BCUT2D eigenvalue weighted by Gasteiger charge is 2.27. The van der Waals surface area contributed by atoms with E-state index < -0.39 is 0 Å². The van der Waals surface area contributed by atoms with Crippen molar-refractivity contribution in [1.29, 1.82) is 0 Å². The summed E-state index contributed by atoms with van der Waals surface area (Å²) in [6.45, 7) is 6.09. The molecule has 7 nitrogen and oxygen atoms in total. The number of nitrogens with one attached hydrogen (secondary N) is 1. The van der Waals surface area contributed by atoms with Crippen molar-refractivity contribution in [2.24, 2.45) is 0 Å². The van der Waals surface area contributed by atoms with Crippen molar-refractivity contribution in [3.05, 3.63) is 29.0 Å². The van der Waals surface area contributed by atoms with E-state index in [1.807, 2.05) is 6.92 Å². The van der Waals surface area contributed by atoms with Crippen LogP contribution in [0.25, 0.3) is 11.4 Å². The molecule has 0 radical (unpaired) electrons. The lowest BCUT2D eigenvalue weighted by Gasteiger charge is -2.36. The highest BCUT2D eigenvalue weighted by molar-refractivity contribution is 5.70. The molecule has 150 valence electrons. The number of pyridine rings is 1. The zero-order chi connectivity index (χ0) is 19.7. The molecule has 2 aromatic heterocycles. The Morgan fingerprint density at radius 2 is 2.04 bits per heavy atom. The van der Waals surface area contributed by atoms with Crippen molar-refractivity contribution in [2.75, 3.05) is 25.0 Å². The Morgan fingerprint density at radius 3 is 2.82 bits per heavy atom. The average molecular weight is 383 g/mol. The molecule has 2 atom stereocenters. The Morgan fingerprint density at radius 1 is 1.21 bits per heavy atom. The Labute approximate surface area is 165 Å². The first-order valence-corrected chi connectivity index (χ1v) is 10.2. The Bertz CT molecular complexity index is 857. The quantitative estimate of drug-likeness (QED) is 0.729. The zero-order valence-corrected chi connectivity index (χ0v) is 16.6. The topological polar surface area (TPSA) is 94.4 Å². The number of aromatic nitrogens is 3. The number of aromatic hydroxyl groups is 1. The van der Waals surface area contributed by atoms with Gasteiger partial charge in [0, 0.05) is 30.4 Å². The van der Waals surface area contributed by atoms with Gasteiger partial charge in [-0.15, -0.1) is 10.2 Å². The van der Waals surface area contributed by atoms with Gasteiger partial charge in [-0.25, -0.2) is 0 Å². The number of aliphatic hydroxyl groups excluding tert-OH is 1. The normalized spacial score (nSPS) is 20.8. The summed E-state index contributed by atoms with van der Waals surface area (Å²) in [6, 6.07) is 2.20. The molecule has 2 unspecified atom stereocenters. The number of anilines is 1. The van der Waals surface area contributed by atoms with E-state index in [2.05, 4.69) is 32.3 Å². The molecule has 1 aliphatic carbocycles. The fourth-order valence-electron chi connectivity index (χ4n) is 4.36. The van der Waals surface area contributed by atoms with Gasteiger partial charge in [-0.05, 0) is 69.7 Å². The number of likely N-dealkylation sites (tertiary alicyclic amines) is 1. The third kappa shape index (κ3) is 3.69. The predicted molar refractivity (Wildman–Crippen MR) is 108 cm³/mol. The summed E-state index contributed by atoms with van der Waals surface area (Å²) >= 11 is 0. The van der Waals surface area contributed by atoms with E-state index in [0.29, 0.717) is 17.4 Å². The number of hydrogen-bond acceptors (Lipinski definition) is 7. The Balaban J connectivity index is 1.59. The van der Waals surface area contributed by atoms with Crippen LogP contribution >= 0.6 is 0 Å². The molecule has 3 N–H and O–H groups in total. The number of fused-ring (bicyclic) bond motifs is 1. The lowest BCUT2D eigenvalue weighted by molar-refractivity contribution is 0.110. The molecule has 1 aliphatic heterocycles. The van der Waals surface area contributed by atoms with Crippen LogP contribution in [0.1, 0.15) is 42.9 Å². The van der Waals surface area contributed by atoms with Crippen molar-refractivity contribution >= 4 is 5.82 Å². The third-order valence-corrected chi connectivity index (χ3v) is 5.95. The molecule has 0 aromatic carbocycles. The minimum Gasteiger partial charge on any atom is -0.506 e. The molecular formula is C21H29N5O2. The van der Waals surface area contributed by atoms with Crippen molar-refractivity contribution in [3.63, 3.8) is 0 Å². The van der Waals surface area contributed by atoms with Crippen LogP contribution in [-0.4, -0.2) is 62.1 Å². The number of rotatable bonds is 5. The molecular weight excluding hydrogens is 354 g/mol. The molecule has 1 fully saturated rings. The van der Waals surface area contributed by atoms with Crippen molar-refractivity contribution in [3.8, 4) is 17.1 Å². The fourth-order valence-corrected chi connectivity index (χ4v) is 4.36. The van der Waals surface area contributed by atoms with E-state index in [1.54, 1.807) is 12.3 Å². The molecule has 0 saturated carbocycles. The van der Waals surface area contributed by atoms with Crippen LogP contribution in [0.4, 0.5) is 5.82 Å². The average Bonchev–Trinajstić information content (AvgIpc) is 3.19. The summed E-state index contributed by atoms with van der Waals surface area (Å²) in [5.41, 5.74) is 4.50. The van der Waals surface area contributed by atoms with Crippen molar-refractivity contribution in [1.82, 2.24) is 20.1 Å². The van der Waals surface area contributed by atoms with E-state index in [1.165, 1.54) is 5.56 Å². The van der Waals surface area contributed by atoms with E-state index >= 15 is 0 Å². The summed E-state index contributed by atoms with van der Waals surface area (Å²) < 4.78 is 0. The van der Waals surface area contributed by atoms with Crippen molar-refractivity contribution < 1.29 is 10.2 Å². The number of hydrogen-bond donors (Lipinski definition) is 3. The van der Waals surface area contributed by atoms with Gasteiger partial charge < -0.3 is 15.5 Å². The molecule has 0 spiro atoms. The van der Waals surface area contributed by atoms with Crippen LogP contribution in [0, 0.1) is 6.92 Å². The van der Waals surface area contributed by atoms with Crippen LogP contribution in [-0.2, 0) is 12.8 Å². The second-order valence-corrected chi connectivity index (χ2v) is 8.10. The standard InChI is InChI=1S/C21H29N5O2/c1-13-9-18(28)20(22-10-13)19-16-6-3-7-17(16)21(25-24-19)23-15-5-4-8-26(11-15)14(2)12-27/h9-10,14-15,27-28H,3-8,11-12H2,1-2H3,(H,23,25). The first-order valence-electron chi connectivity index (χ1n) is 10.2. The summed E-state index contributed by atoms with van der Waals surface area (Å²) in [4.78, 5) is 6.74. The number of nitrogens with zero attached hydrogens (tertiary/aromatic N) is 4. The van der Waals surface area contributed by atoms with Gasteiger partial charge in [0.25, 0.3) is 0 Å². The van der Waals surface area contributed by atoms with Gasteiger partial charge in [-0.3, -0.25) is 9.88 Å². The van der Waals surface area contributed by atoms with Crippen LogP contribution < -0.4 is 5.32 Å². The second-order valence-electron chi connectivity index (χ2n) is 8.10. The van der Waals surface area contributed by atoms with Gasteiger partial charge in [0.15, 0.2) is 5.82 Å². The maximum Gasteiger partial charge on any atom is 0.152 e. The first-order chi connectivity index (χ1) is 13.6. The molecule has 0 amide bonds. The van der Waals surface area contributed by atoms with E-state index in [-0.39, 0.29) is 18.4 Å². The van der Waals surface area contributed by atoms with Gasteiger partial charge in [0.2, 0.25) is 0 Å². The Kier molecular flexibility index (Phi) is 5.46. The number of aliphatic hydroxyl groups is 1. The monoisotopic (exact) mass is 383 g/mol. The number of piperidine rings is 1. The minimum atomic E-state index is 0.157. The summed E-state index contributed by atoms with van der Waals surface area (Å²) in [5, 5.41) is 32.4. The molecule has 28 heavy (non-hydrogen) atoms. The first kappa shape index (κ1) is 19.1. The maximum absolute atomic E-state index is 10.3. The van der Waals surface area contributed by atoms with Gasteiger partial charge in [0.1, 0.15) is 17.1 Å². The summed E-state index contributed by atoms with van der Waals surface area (Å²) in [7, 11) is 0. The van der Waals surface area contributed by atoms with Gasteiger partial charge in [-0.1, -0.05) is 0 Å². The lowest BCUT2D eigenvalue weighted by Crippen LogP contribution is -2.47. The van der Waals surface area contributed by atoms with E-state index in [4.69, 9.17) is 0 Å². The summed E-state index contributed by atoms with van der Waals surface area (Å²) in [6.07, 6.45) is 6.92. The maximum atomic E-state index is 10.3. The lowest BCUT2D eigenvalue weighted by atomic mass is 10.0. The van der Waals surface area contributed by atoms with Crippen LogP contribution in [0.15, 0.2) is 12.3 Å². The van der Waals surface area contributed by atoms with Crippen molar-refractivity contribution in [2.45, 2.75) is 58.0 Å². The molecule has 3 heterocycles. The molecule has 7 heteroatoms. The predicted octanol–water partition coefficient (Wildman–Crippen LogP) is 2.30. The summed E-state index contributed by atoms with van der Waals surface area (Å²) in [5.74, 6) is 1.02. The van der Waals surface area contributed by atoms with Gasteiger partial charge in [0.05, 0.1) is 6.61 Å². The van der Waals surface area contributed by atoms with Gasteiger partial charge >= 0.3 is 0 Å². The second kappa shape index (κ2) is 8.01. The molecule has 0 bridgehead atoms. The molecule has 4 rings (SSSR count). The van der Waals surface area contributed by atoms with Crippen LogP contribution in [0.5, 0.6) is 5.75 Å². The molecule has 2 aromatic rings. The highest BCUT2D eigenvalue weighted by atomic mass is 16.3. The smallest absolute Gasteiger partial charge is 0.152 e. The number of aryl methyl sites for hydroxylation is 1. The van der Waals surface area contributed by atoms with Gasteiger partial charge in [-0.2, -0.15) is 0 Å². The SMILES string of the molecule is Cc1cnc(-c2nnc(NC3CCCN(C(C)CO)C3)c3c2CCC3)c(O)c1. The van der Waals surface area contributed by atoms with Crippen LogP contribution in [0.3, 0.4) is 0 Å². The fraction of sp³-hybridized carbons (Fsp3) is 0.571. The largest absolute Gasteiger partial charge is 0.506 e.